The van der Waals surface area contributed by atoms with E-state index < -0.39 is 0 Å². The number of aryl methyl sites for hydroxylation is 2. The van der Waals surface area contributed by atoms with Crippen molar-refractivity contribution in [3.8, 4) is 0 Å². The number of hydrogen-bond donors (Lipinski definition) is 1. The summed E-state index contributed by atoms with van der Waals surface area (Å²) in [5.74, 6) is 1.95. The Kier molecular flexibility index (Phi) is 4.77. The molecule has 0 aromatic carbocycles. The number of nitrogens with one attached hydrogen (secondary N) is 1. The average molecular weight is 323 g/mol. The molecular weight excluding hydrogens is 304 g/mol. The van der Waals surface area contributed by atoms with E-state index >= 15 is 0 Å². The van der Waals surface area contributed by atoms with Crippen LogP contribution in [0.3, 0.4) is 0 Å². The normalized spacial score (nSPS) is 12.6. The average Bonchev–Trinajstić information content (AvgIpc) is 2.68. The maximum absolute atomic E-state index is 5.64. The highest BCUT2D eigenvalue weighted by Crippen LogP contribution is 2.25. The third-order valence-electron chi connectivity index (χ3n) is 3.11. The molecule has 1 N–H and O–H groups in total. The van der Waals surface area contributed by atoms with Gasteiger partial charge < -0.3 is 9.73 Å². The quantitative estimate of drug-likeness (QED) is 0.905. The summed E-state index contributed by atoms with van der Waals surface area (Å²) in [5, 5.41) is 3.52. The van der Waals surface area contributed by atoms with Crippen LogP contribution in [0.5, 0.6) is 0 Å². The molecule has 19 heavy (non-hydrogen) atoms. The summed E-state index contributed by atoms with van der Waals surface area (Å²) in [6.45, 7) is 7.05. The lowest BCUT2D eigenvalue weighted by molar-refractivity contribution is 0.484. The topological polar surface area (TPSA) is 38.1 Å². The lowest BCUT2D eigenvalue weighted by Crippen LogP contribution is -2.23. The number of hydrogen-bond acceptors (Lipinski definition) is 3. The van der Waals surface area contributed by atoms with Gasteiger partial charge in [0, 0.05) is 28.5 Å². The van der Waals surface area contributed by atoms with Crippen molar-refractivity contribution >= 4 is 15.9 Å². The van der Waals surface area contributed by atoms with E-state index in [1.54, 1.807) is 6.20 Å². The minimum Gasteiger partial charge on any atom is -0.466 e. The zero-order chi connectivity index (χ0) is 13.8. The molecule has 0 aliphatic carbocycles. The van der Waals surface area contributed by atoms with Crippen molar-refractivity contribution in [2.45, 2.75) is 33.2 Å². The minimum atomic E-state index is 0.263. The van der Waals surface area contributed by atoms with Crippen molar-refractivity contribution in [2.75, 3.05) is 6.54 Å². The maximum Gasteiger partial charge on any atom is 0.105 e. The van der Waals surface area contributed by atoms with Gasteiger partial charge in [0.2, 0.25) is 0 Å². The fourth-order valence-corrected chi connectivity index (χ4v) is 2.75. The molecule has 102 valence electrons. The lowest BCUT2D eigenvalue weighted by atomic mass is 10.00. The van der Waals surface area contributed by atoms with Crippen LogP contribution in [-0.4, -0.2) is 11.5 Å². The third kappa shape index (κ3) is 3.67. The van der Waals surface area contributed by atoms with Gasteiger partial charge >= 0.3 is 0 Å². The van der Waals surface area contributed by atoms with Gasteiger partial charge in [0.15, 0.2) is 0 Å². The van der Waals surface area contributed by atoms with Crippen molar-refractivity contribution < 1.29 is 4.42 Å². The summed E-state index contributed by atoms with van der Waals surface area (Å²) < 4.78 is 6.65. The standard InChI is InChI=1S/C15H19BrN2O/c1-4-18-15(14-5-10(2)19-11(14)3)7-12-6-13(16)9-17-8-12/h5-6,8-9,15,18H,4,7H2,1-3H3. The largest absolute Gasteiger partial charge is 0.466 e. The van der Waals surface area contributed by atoms with Gasteiger partial charge in [-0.2, -0.15) is 0 Å². The van der Waals surface area contributed by atoms with E-state index in [9.17, 15) is 0 Å². The molecule has 1 atom stereocenters. The van der Waals surface area contributed by atoms with E-state index in [4.69, 9.17) is 4.42 Å². The number of aromatic nitrogens is 1. The molecule has 0 fully saturated rings. The molecule has 0 amide bonds. The Morgan fingerprint density at radius 3 is 2.68 bits per heavy atom. The van der Waals surface area contributed by atoms with E-state index in [1.807, 2.05) is 20.0 Å². The minimum absolute atomic E-state index is 0.263. The molecule has 2 aromatic rings. The second kappa shape index (κ2) is 6.35. The van der Waals surface area contributed by atoms with Crippen LogP contribution in [0.15, 0.2) is 33.4 Å². The molecule has 0 radical (unpaired) electrons. The van der Waals surface area contributed by atoms with Crippen molar-refractivity contribution in [3.05, 3.63) is 51.6 Å². The summed E-state index contributed by atoms with van der Waals surface area (Å²) in [6.07, 6.45) is 4.62. The molecule has 4 heteroatoms. The van der Waals surface area contributed by atoms with Gasteiger partial charge in [0.05, 0.1) is 0 Å². The van der Waals surface area contributed by atoms with Gasteiger partial charge in [-0.25, -0.2) is 0 Å². The van der Waals surface area contributed by atoms with Crippen molar-refractivity contribution in [2.24, 2.45) is 0 Å². The molecule has 2 heterocycles. The van der Waals surface area contributed by atoms with Crippen molar-refractivity contribution in [1.29, 1.82) is 0 Å². The molecule has 0 bridgehead atoms. The van der Waals surface area contributed by atoms with Crippen molar-refractivity contribution in [1.82, 2.24) is 10.3 Å². The highest BCUT2D eigenvalue weighted by molar-refractivity contribution is 9.10. The third-order valence-corrected chi connectivity index (χ3v) is 3.54. The highest BCUT2D eigenvalue weighted by atomic mass is 79.9. The molecule has 0 aliphatic rings. The van der Waals surface area contributed by atoms with Crippen LogP contribution in [0.1, 0.15) is 35.6 Å². The zero-order valence-corrected chi connectivity index (χ0v) is 13.1. The Hall–Kier alpha value is -1.13. The van der Waals surface area contributed by atoms with Gasteiger partial charge in [-0.05, 0) is 60.4 Å². The maximum atomic E-state index is 5.64. The Balaban J connectivity index is 2.23. The Bertz CT molecular complexity index is 551. The summed E-state index contributed by atoms with van der Waals surface area (Å²) in [6, 6.07) is 4.49. The lowest BCUT2D eigenvalue weighted by Gasteiger charge is -2.17. The SMILES string of the molecule is CCNC(Cc1cncc(Br)c1)c1cc(C)oc1C. The first kappa shape index (κ1) is 14.3. The number of rotatable bonds is 5. The first-order chi connectivity index (χ1) is 9.10. The fourth-order valence-electron chi connectivity index (χ4n) is 2.34. The van der Waals surface area contributed by atoms with E-state index in [2.05, 4.69) is 45.3 Å². The van der Waals surface area contributed by atoms with Crippen LogP contribution in [0, 0.1) is 13.8 Å². The molecule has 0 saturated heterocycles. The molecule has 0 aliphatic heterocycles. The number of pyridine rings is 1. The van der Waals surface area contributed by atoms with Gasteiger partial charge in [-0.3, -0.25) is 4.98 Å². The number of likely N-dealkylation sites (N-methyl/N-ethyl adjacent to an activating group) is 1. The van der Waals surface area contributed by atoms with Gasteiger partial charge in [0.25, 0.3) is 0 Å². The van der Waals surface area contributed by atoms with E-state index in [-0.39, 0.29) is 6.04 Å². The van der Waals surface area contributed by atoms with Crippen LogP contribution in [0.4, 0.5) is 0 Å². The molecular formula is C15H19BrN2O. The highest BCUT2D eigenvalue weighted by Gasteiger charge is 2.17. The molecule has 2 rings (SSSR count). The molecule has 1 unspecified atom stereocenters. The summed E-state index contributed by atoms with van der Waals surface area (Å²) in [5.41, 5.74) is 2.44. The zero-order valence-electron chi connectivity index (χ0n) is 11.5. The van der Waals surface area contributed by atoms with Crippen LogP contribution in [-0.2, 0) is 6.42 Å². The first-order valence-corrected chi connectivity index (χ1v) is 7.29. The Morgan fingerprint density at radius 1 is 1.32 bits per heavy atom. The van der Waals surface area contributed by atoms with Gasteiger partial charge in [0.1, 0.15) is 11.5 Å². The summed E-state index contributed by atoms with van der Waals surface area (Å²) >= 11 is 3.46. The van der Waals surface area contributed by atoms with Crippen LogP contribution in [0.25, 0.3) is 0 Å². The van der Waals surface area contributed by atoms with E-state index in [0.717, 1.165) is 29.0 Å². The summed E-state index contributed by atoms with van der Waals surface area (Å²) in [4.78, 5) is 4.22. The second-order valence-electron chi connectivity index (χ2n) is 4.69. The molecule has 2 aromatic heterocycles. The van der Waals surface area contributed by atoms with E-state index in [1.165, 1.54) is 11.1 Å². The summed E-state index contributed by atoms with van der Waals surface area (Å²) in [7, 11) is 0. The predicted molar refractivity (Wildman–Crippen MR) is 80.2 cm³/mol. The Labute approximate surface area is 122 Å². The molecule has 0 spiro atoms. The smallest absolute Gasteiger partial charge is 0.105 e. The predicted octanol–water partition coefficient (Wildman–Crippen LogP) is 3.95. The Morgan fingerprint density at radius 2 is 2.11 bits per heavy atom. The van der Waals surface area contributed by atoms with Gasteiger partial charge in [-0.1, -0.05) is 6.92 Å². The second-order valence-corrected chi connectivity index (χ2v) is 5.61. The fraction of sp³-hybridized carbons (Fsp3) is 0.400. The van der Waals surface area contributed by atoms with E-state index in [0.29, 0.717) is 0 Å². The first-order valence-electron chi connectivity index (χ1n) is 6.50. The van der Waals surface area contributed by atoms with Crippen LogP contribution >= 0.6 is 15.9 Å². The monoisotopic (exact) mass is 322 g/mol. The molecule has 3 nitrogen and oxygen atoms in total. The molecule has 0 saturated carbocycles. The van der Waals surface area contributed by atoms with Crippen LogP contribution < -0.4 is 5.32 Å². The number of halogens is 1. The number of furan rings is 1. The van der Waals surface area contributed by atoms with Crippen LogP contribution in [0.2, 0.25) is 0 Å². The number of nitrogens with zero attached hydrogens (tertiary/aromatic N) is 1. The van der Waals surface area contributed by atoms with Gasteiger partial charge in [-0.15, -0.1) is 0 Å². The van der Waals surface area contributed by atoms with Crippen molar-refractivity contribution in [3.63, 3.8) is 0 Å².